The highest BCUT2D eigenvalue weighted by atomic mass is 16.6. The molecule has 0 saturated carbocycles. The molecule has 9 nitrogen and oxygen atoms in total. The maximum atomic E-state index is 13.7. The number of unbranched alkanes of at least 4 members (excludes halogenated alkanes) is 3. The number of nitrogens with two attached hydrogens (primary N) is 1. The van der Waals surface area contributed by atoms with Crippen LogP contribution in [0.1, 0.15) is 78.7 Å². The summed E-state index contributed by atoms with van der Waals surface area (Å²) in [5.74, 6) is 2.68. The quantitative estimate of drug-likeness (QED) is 0.111. The first-order valence-corrected chi connectivity index (χ1v) is 14.2. The average Bonchev–Trinajstić information content (AvgIpc) is 2.91. The Kier molecular flexibility index (Phi) is 15.8. The number of carbonyl (C=O) groups excluding carboxylic acids is 3. The Hall–Kier alpha value is -3.35. The van der Waals surface area contributed by atoms with Crippen LogP contribution in [0.5, 0.6) is 5.75 Å². The Morgan fingerprint density at radius 1 is 1.12 bits per heavy atom. The summed E-state index contributed by atoms with van der Waals surface area (Å²) in [6.45, 7) is 9.48. The van der Waals surface area contributed by atoms with Gasteiger partial charge in [-0.2, -0.15) is 0 Å². The van der Waals surface area contributed by atoms with E-state index in [1.165, 1.54) is 13.2 Å². The van der Waals surface area contributed by atoms with Gasteiger partial charge in [0.05, 0.1) is 13.0 Å². The fourth-order valence-corrected chi connectivity index (χ4v) is 4.16. The van der Waals surface area contributed by atoms with Crippen molar-refractivity contribution in [2.24, 2.45) is 11.7 Å². The number of carbonyl (C=O) groups is 3. The molecule has 9 heteroatoms. The first-order valence-electron chi connectivity index (χ1n) is 14.2. The van der Waals surface area contributed by atoms with Gasteiger partial charge < -0.3 is 30.4 Å². The maximum absolute atomic E-state index is 13.7. The molecule has 1 aromatic rings. The van der Waals surface area contributed by atoms with E-state index in [0.29, 0.717) is 25.1 Å². The standard InChI is InChI=1S/C32H48N2O7/c1-7-9-22-40-25-18-16-24(17-19-25)23-27(29(36)39-6)34-28(35)26(15-13-11-10-12-14-21-33)32(38,20-8-2)30(37)41-31(3,4)5/h13,15-19,26-27,38H,8,10-12,14,20-23,33H2,1-6H3,(H,34,35)/b15-13+/t26-,27+,32+/m1/s1. The van der Waals surface area contributed by atoms with E-state index in [1.807, 2.05) is 0 Å². The van der Waals surface area contributed by atoms with E-state index in [-0.39, 0.29) is 19.4 Å². The largest absolute Gasteiger partial charge is 0.481 e. The van der Waals surface area contributed by atoms with E-state index in [1.54, 1.807) is 65.0 Å². The Morgan fingerprint density at radius 3 is 2.37 bits per heavy atom. The third kappa shape index (κ3) is 12.8. The Balaban J connectivity index is 3.28. The molecule has 0 saturated heterocycles. The predicted octanol–water partition coefficient (Wildman–Crippen LogP) is 3.85. The summed E-state index contributed by atoms with van der Waals surface area (Å²) >= 11 is 0. The predicted molar refractivity (Wildman–Crippen MR) is 159 cm³/mol. The van der Waals surface area contributed by atoms with Gasteiger partial charge in [-0.1, -0.05) is 50.0 Å². The Bertz CT molecular complexity index is 1050. The summed E-state index contributed by atoms with van der Waals surface area (Å²) in [6, 6.07) is 6.01. The summed E-state index contributed by atoms with van der Waals surface area (Å²) in [6.07, 6.45) is 7.14. The van der Waals surface area contributed by atoms with Gasteiger partial charge in [-0.05, 0) is 77.6 Å². The summed E-state index contributed by atoms with van der Waals surface area (Å²) in [7, 11) is 1.24. The minimum absolute atomic E-state index is 0.00965. The Morgan fingerprint density at radius 2 is 1.80 bits per heavy atom. The number of ether oxygens (including phenoxy) is 3. The topological polar surface area (TPSA) is 137 Å². The minimum Gasteiger partial charge on any atom is -0.481 e. The molecule has 1 amide bonds. The van der Waals surface area contributed by atoms with Crippen LogP contribution in [-0.2, 0) is 30.3 Å². The van der Waals surface area contributed by atoms with Crippen LogP contribution < -0.4 is 15.8 Å². The number of hydrogen-bond acceptors (Lipinski definition) is 8. The molecule has 0 heterocycles. The summed E-state index contributed by atoms with van der Waals surface area (Å²) in [5.41, 5.74) is 3.30. The van der Waals surface area contributed by atoms with E-state index < -0.39 is 41.0 Å². The van der Waals surface area contributed by atoms with Gasteiger partial charge in [0, 0.05) is 6.42 Å². The van der Waals surface area contributed by atoms with E-state index in [2.05, 4.69) is 17.2 Å². The molecule has 0 bridgehead atoms. The van der Waals surface area contributed by atoms with Crippen molar-refractivity contribution in [1.82, 2.24) is 5.32 Å². The summed E-state index contributed by atoms with van der Waals surface area (Å²) < 4.78 is 16.0. The van der Waals surface area contributed by atoms with Crippen LogP contribution >= 0.6 is 0 Å². The van der Waals surface area contributed by atoms with Crippen molar-refractivity contribution in [3.8, 4) is 17.6 Å². The second kappa shape index (κ2) is 18.2. The van der Waals surface area contributed by atoms with Gasteiger partial charge in [0.1, 0.15) is 24.0 Å². The fourth-order valence-electron chi connectivity index (χ4n) is 4.16. The van der Waals surface area contributed by atoms with Gasteiger partial charge in [0.15, 0.2) is 5.60 Å². The SMILES string of the molecule is CC#CCOc1ccc(C[C@H](NC(=O)[C@@H](/C=C/CCCCCN)[C@@](O)(CCC)C(=O)OC(C)(C)C)C(=O)OC)cc1. The van der Waals surface area contributed by atoms with Crippen LogP contribution in [0.15, 0.2) is 36.4 Å². The smallest absolute Gasteiger partial charge is 0.339 e. The number of rotatable bonds is 17. The molecule has 0 aliphatic heterocycles. The lowest BCUT2D eigenvalue weighted by atomic mass is 9.81. The molecule has 0 aromatic heterocycles. The highest BCUT2D eigenvalue weighted by Gasteiger charge is 2.48. The van der Waals surface area contributed by atoms with Crippen molar-refractivity contribution in [2.75, 3.05) is 20.3 Å². The van der Waals surface area contributed by atoms with E-state index in [9.17, 15) is 19.5 Å². The molecule has 1 rings (SSSR count). The lowest BCUT2D eigenvalue weighted by molar-refractivity contribution is -0.184. The Labute approximate surface area is 245 Å². The van der Waals surface area contributed by atoms with Crippen LogP contribution in [0.4, 0.5) is 0 Å². The van der Waals surface area contributed by atoms with Crippen molar-refractivity contribution in [3.05, 3.63) is 42.0 Å². The molecule has 0 aliphatic carbocycles. The molecule has 3 atom stereocenters. The number of allylic oxidation sites excluding steroid dienone is 1. The molecule has 41 heavy (non-hydrogen) atoms. The second-order valence-electron chi connectivity index (χ2n) is 10.9. The zero-order valence-corrected chi connectivity index (χ0v) is 25.5. The van der Waals surface area contributed by atoms with Crippen LogP contribution in [-0.4, -0.2) is 60.5 Å². The molecule has 0 unspecified atom stereocenters. The van der Waals surface area contributed by atoms with Gasteiger partial charge in [-0.3, -0.25) is 4.79 Å². The molecule has 228 valence electrons. The fraction of sp³-hybridized carbons (Fsp3) is 0.594. The third-order valence-corrected chi connectivity index (χ3v) is 6.24. The van der Waals surface area contributed by atoms with Gasteiger partial charge in [0.2, 0.25) is 5.91 Å². The number of amides is 1. The lowest BCUT2D eigenvalue weighted by Gasteiger charge is -2.34. The number of benzene rings is 1. The third-order valence-electron chi connectivity index (χ3n) is 6.24. The van der Waals surface area contributed by atoms with Crippen LogP contribution in [0.25, 0.3) is 0 Å². The van der Waals surface area contributed by atoms with Gasteiger partial charge in [-0.15, -0.1) is 5.92 Å². The lowest BCUT2D eigenvalue weighted by Crippen LogP contribution is -2.56. The molecule has 0 aliphatic rings. The average molecular weight is 573 g/mol. The molecule has 1 aromatic carbocycles. The monoisotopic (exact) mass is 572 g/mol. The number of aliphatic hydroxyl groups is 1. The van der Waals surface area contributed by atoms with Gasteiger partial charge in [-0.25, -0.2) is 9.59 Å². The minimum atomic E-state index is -2.14. The molecule has 0 radical (unpaired) electrons. The van der Waals surface area contributed by atoms with Crippen LogP contribution in [0, 0.1) is 17.8 Å². The molecule has 0 fully saturated rings. The summed E-state index contributed by atoms with van der Waals surface area (Å²) in [4.78, 5) is 39.7. The highest BCUT2D eigenvalue weighted by molar-refractivity contribution is 5.93. The first-order chi connectivity index (χ1) is 19.4. The van der Waals surface area contributed by atoms with Gasteiger partial charge in [0.25, 0.3) is 0 Å². The summed E-state index contributed by atoms with van der Waals surface area (Å²) in [5, 5.41) is 14.4. The van der Waals surface area contributed by atoms with Gasteiger partial charge >= 0.3 is 11.9 Å². The maximum Gasteiger partial charge on any atom is 0.339 e. The van der Waals surface area contributed by atoms with Crippen molar-refractivity contribution in [2.45, 2.75) is 96.8 Å². The number of nitrogens with one attached hydrogen (secondary N) is 1. The van der Waals surface area contributed by atoms with Crippen molar-refractivity contribution in [1.29, 1.82) is 0 Å². The number of methoxy groups -OCH3 is 1. The zero-order chi connectivity index (χ0) is 30.9. The zero-order valence-electron chi connectivity index (χ0n) is 25.5. The normalized spacial score (nSPS) is 14.2. The van der Waals surface area contributed by atoms with Crippen molar-refractivity contribution < 1.29 is 33.7 Å². The van der Waals surface area contributed by atoms with E-state index >= 15 is 0 Å². The van der Waals surface area contributed by atoms with Crippen LogP contribution in [0.3, 0.4) is 0 Å². The van der Waals surface area contributed by atoms with Crippen molar-refractivity contribution >= 4 is 17.8 Å². The highest BCUT2D eigenvalue weighted by Crippen LogP contribution is 2.30. The number of hydrogen-bond donors (Lipinski definition) is 3. The van der Waals surface area contributed by atoms with E-state index in [4.69, 9.17) is 19.9 Å². The van der Waals surface area contributed by atoms with Crippen LogP contribution in [0.2, 0.25) is 0 Å². The second-order valence-corrected chi connectivity index (χ2v) is 10.9. The molecular formula is C32H48N2O7. The number of esters is 2. The molecule has 0 spiro atoms. The molecular weight excluding hydrogens is 524 g/mol. The molecule has 4 N–H and O–H groups in total. The van der Waals surface area contributed by atoms with E-state index in [0.717, 1.165) is 24.8 Å². The van der Waals surface area contributed by atoms with Crippen molar-refractivity contribution in [3.63, 3.8) is 0 Å². The first kappa shape index (κ1) is 35.7.